The van der Waals surface area contributed by atoms with Crippen molar-refractivity contribution < 1.29 is 0 Å². The molecule has 0 amide bonds. The van der Waals surface area contributed by atoms with E-state index in [2.05, 4.69) is 146 Å². The molecule has 0 aliphatic carbocycles. The van der Waals surface area contributed by atoms with Crippen LogP contribution in [0.4, 0.5) is 0 Å². The summed E-state index contributed by atoms with van der Waals surface area (Å²) in [5, 5.41) is 2.45. The number of hydrogen-bond donors (Lipinski definition) is 0. The summed E-state index contributed by atoms with van der Waals surface area (Å²) in [6.07, 6.45) is 0. The quantitative estimate of drug-likeness (QED) is 0.190. The van der Waals surface area contributed by atoms with Crippen molar-refractivity contribution in [1.29, 1.82) is 0 Å². The molecule has 222 valence electrons. The Morgan fingerprint density at radius 3 is 1.32 bits per heavy atom. The predicted molar refractivity (Wildman–Crippen MR) is 197 cm³/mol. The zero-order valence-electron chi connectivity index (χ0n) is 26.1. The molecule has 2 nitrogen and oxygen atoms in total. The van der Waals surface area contributed by atoms with E-state index >= 15 is 0 Å². The third-order valence-corrected chi connectivity index (χ3v) is 8.75. The predicted octanol–water partition coefficient (Wildman–Crippen LogP) is 11.9. The van der Waals surface area contributed by atoms with Crippen LogP contribution in [0.5, 0.6) is 0 Å². The van der Waals surface area contributed by atoms with Crippen molar-refractivity contribution in [2.75, 3.05) is 0 Å². The van der Waals surface area contributed by atoms with Crippen LogP contribution in [0.15, 0.2) is 176 Å². The van der Waals surface area contributed by atoms with Gasteiger partial charge in [-0.2, -0.15) is 0 Å². The molecule has 0 atom stereocenters. The number of benzene rings is 7. The number of aryl methyl sites for hydroxylation is 1. The SMILES string of the molecule is Cc1cccc(-c2ccc(-c3cc4ccccc4cc3-c3ccc(-c4cc(-c5ccccc5)nc(-c5ccccc5)n4)cc3)cc2)c1. The third kappa shape index (κ3) is 5.85. The van der Waals surface area contributed by atoms with Gasteiger partial charge >= 0.3 is 0 Å². The molecule has 0 unspecified atom stereocenters. The van der Waals surface area contributed by atoms with Gasteiger partial charge in [-0.25, -0.2) is 9.97 Å². The molecule has 47 heavy (non-hydrogen) atoms. The van der Waals surface area contributed by atoms with Crippen molar-refractivity contribution in [1.82, 2.24) is 9.97 Å². The molecular formula is C45H32N2. The molecule has 1 heterocycles. The van der Waals surface area contributed by atoms with E-state index in [1.807, 2.05) is 36.4 Å². The molecule has 8 rings (SSSR count). The molecule has 0 spiro atoms. The van der Waals surface area contributed by atoms with Gasteiger partial charge in [0.15, 0.2) is 5.82 Å². The van der Waals surface area contributed by atoms with Crippen molar-refractivity contribution in [2.45, 2.75) is 6.92 Å². The molecule has 0 bridgehead atoms. The Morgan fingerprint density at radius 1 is 0.319 bits per heavy atom. The van der Waals surface area contributed by atoms with Crippen molar-refractivity contribution in [2.24, 2.45) is 0 Å². The van der Waals surface area contributed by atoms with Gasteiger partial charge in [-0.3, -0.25) is 0 Å². The minimum atomic E-state index is 0.719. The Kier molecular flexibility index (Phi) is 7.45. The van der Waals surface area contributed by atoms with Crippen molar-refractivity contribution in [3.05, 3.63) is 181 Å². The minimum absolute atomic E-state index is 0.719. The smallest absolute Gasteiger partial charge is 0.160 e. The molecule has 1 aromatic heterocycles. The molecule has 0 N–H and O–H groups in total. The Balaban J connectivity index is 1.21. The second kappa shape index (κ2) is 12.3. The number of rotatable bonds is 6. The van der Waals surface area contributed by atoms with Crippen LogP contribution in [0.2, 0.25) is 0 Å². The van der Waals surface area contributed by atoms with E-state index in [9.17, 15) is 0 Å². The Hall–Kier alpha value is -6.12. The zero-order valence-corrected chi connectivity index (χ0v) is 26.1. The first-order valence-electron chi connectivity index (χ1n) is 16.0. The van der Waals surface area contributed by atoms with Crippen molar-refractivity contribution in [3.63, 3.8) is 0 Å². The van der Waals surface area contributed by atoms with Crippen molar-refractivity contribution in [3.8, 4) is 67.3 Å². The lowest BCUT2D eigenvalue weighted by molar-refractivity contribution is 1.18. The fourth-order valence-electron chi connectivity index (χ4n) is 6.27. The van der Waals surface area contributed by atoms with Gasteiger partial charge in [0.25, 0.3) is 0 Å². The van der Waals surface area contributed by atoms with Gasteiger partial charge in [-0.1, -0.05) is 163 Å². The summed E-state index contributed by atoms with van der Waals surface area (Å²) in [4.78, 5) is 9.99. The fourth-order valence-corrected chi connectivity index (χ4v) is 6.27. The number of nitrogens with zero attached hydrogens (tertiary/aromatic N) is 2. The van der Waals surface area contributed by atoms with Crippen LogP contribution in [0.3, 0.4) is 0 Å². The summed E-state index contributed by atoms with van der Waals surface area (Å²) >= 11 is 0. The maximum Gasteiger partial charge on any atom is 0.160 e. The topological polar surface area (TPSA) is 25.8 Å². The molecule has 0 saturated heterocycles. The summed E-state index contributed by atoms with van der Waals surface area (Å²) in [7, 11) is 0. The van der Waals surface area contributed by atoms with E-state index in [0.717, 1.165) is 39.5 Å². The number of fused-ring (bicyclic) bond motifs is 1. The molecule has 7 aromatic carbocycles. The van der Waals surface area contributed by atoms with E-state index < -0.39 is 0 Å². The Bertz CT molecular complexity index is 2270. The van der Waals surface area contributed by atoms with Gasteiger partial charge in [-0.15, -0.1) is 0 Å². The number of aromatic nitrogens is 2. The molecule has 0 aliphatic heterocycles. The van der Waals surface area contributed by atoms with Gasteiger partial charge in [0.2, 0.25) is 0 Å². The molecule has 2 heteroatoms. The van der Waals surface area contributed by atoms with E-state index in [4.69, 9.17) is 9.97 Å². The average molecular weight is 601 g/mol. The maximum atomic E-state index is 5.04. The van der Waals surface area contributed by atoms with Crippen LogP contribution in [-0.4, -0.2) is 9.97 Å². The lowest BCUT2D eigenvalue weighted by Crippen LogP contribution is -1.96. The second-order valence-electron chi connectivity index (χ2n) is 12.0. The van der Waals surface area contributed by atoms with Gasteiger partial charge in [-0.05, 0) is 69.3 Å². The molecule has 0 aliphatic rings. The highest BCUT2D eigenvalue weighted by Crippen LogP contribution is 2.38. The summed E-state index contributed by atoms with van der Waals surface area (Å²) in [6, 6.07) is 62.3. The van der Waals surface area contributed by atoms with Crippen LogP contribution >= 0.6 is 0 Å². The van der Waals surface area contributed by atoms with E-state index in [1.54, 1.807) is 0 Å². The molecule has 0 saturated carbocycles. The zero-order chi connectivity index (χ0) is 31.6. The normalized spacial score (nSPS) is 11.1. The van der Waals surface area contributed by atoms with Gasteiger partial charge in [0.05, 0.1) is 11.4 Å². The van der Waals surface area contributed by atoms with Crippen LogP contribution in [0, 0.1) is 6.92 Å². The number of hydrogen-bond acceptors (Lipinski definition) is 2. The van der Waals surface area contributed by atoms with Gasteiger partial charge in [0.1, 0.15) is 0 Å². The molecular weight excluding hydrogens is 569 g/mol. The van der Waals surface area contributed by atoms with Crippen LogP contribution < -0.4 is 0 Å². The van der Waals surface area contributed by atoms with Crippen molar-refractivity contribution >= 4 is 10.8 Å². The Morgan fingerprint density at radius 2 is 0.766 bits per heavy atom. The van der Waals surface area contributed by atoms with E-state index in [0.29, 0.717) is 0 Å². The molecule has 8 aromatic rings. The average Bonchev–Trinajstić information content (AvgIpc) is 3.15. The Labute approximate surface area is 275 Å². The maximum absolute atomic E-state index is 5.04. The highest BCUT2D eigenvalue weighted by molar-refractivity contribution is 5.97. The first-order valence-corrected chi connectivity index (χ1v) is 16.0. The van der Waals surface area contributed by atoms with Crippen LogP contribution in [0.1, 0.15) is 5.56 Å². The summed E-state index contributed by atoms with van der Waals surface area (Å²) < 4.78 is 0. The molecule has 0 radical (unpaired) electrons. The minimum Gasteiger partial charge on any atom is -0.228 e. The van der Waals surface area contributed by atoms with E-state index in [1.165, 1.54) is 44.2 Å². The lowest BCUT2D eigenvalue weighted by Gasteiger charge is -2.14. The monoisotopic (exact) mass is 600 g/mol. The van der Waals surface area contributed by atoms with Gasteiger partial charge in [0, 0.05) is 16.7 Å². The van der Waals surface area contributed by atoms with E-state index in [-0.39, 0.29) is 0 Å². The highest BCUT2D eigenvalue weighted by Gasteiger charge is 2.13. The molecule has 0 fully saturated rings. The first-order chi connectivity index (χ1) is 23.2. The standard InChI is InChI=1S/C45H32N2/c1-31-11-10-18-38(27-31)32-19-21-33(22-20-32)41-28-39-16-8-9-17-40(39)29-42(41)34-23-25-36(26-24-34)44-30-43(35-12-4-2-5-13-35)46-45(47-44)37-14-6-3-7-15-37/h2-30H,1H3. The highest BCUT2D eigenvalue weighted by atomic mass is 14.9. The lowest BCUT2D eigenvalue weighted by atomic mass is 9.90. The first kappa shape index (κ1) is 28.4. The summed E-state index contributed by atoms with van der Waals surface area (Å²) in [5.41, 5.74) is 13.4. The largest absolute Gasteiger partial charge is 0.228 e. The third-order valence-electron chi connectivity index (χ3n) is 8.75. The fraction of sp³-hybridized carbons (Fsp3) is 0.0222. The second-order valence-corrected chi connectivity index (χ2v) is 12.0. The van der Waals surface area contributed by atoms with Gasteiger partial charge < -0.3 is 0 Å². The van der Waals surface area contributed by atoms with Crippen LogP contribution in [-0.2, 0) is 0 Å². The van der Waals surface area contributed by atoms with Crippen LogP contribution in [0.25, 0.3) is 78.1 Å². The summed E-state index contributed by atoms with van der Waals surface area (Å²) in [6.45, 7) is 2.14. The summed E-state index contributed by atoms with van der Waals surface area (Å²) in [5.74, 6) is 0.719.